The van der Waals surface area contributed by atoms with E-state index in [4.69, 9.17) is 5.73 Å². The number of amides is 2. The number of sulfone groups is 1. The molecule has 5 rings (SSSR count). The van der Waals surface area contributed by atoms with E-state index in [0.29, 0.717) is 11.3 Å². The van der Waals surface area contributed by atoms with Gasteiger partial charge < -0.3 is 36.8 Å². The van der Waals surface area contributed by atoms with Gasteiger partial charge in [-0.15, -0.1) is 0 Å². The molecule has 0 aromatic heterocycles. The molecule has 3 aliphatic rings. The number of hydrogen-bond donors (Lipinski definition) is 7. The number of nitrogens with one attached hydrogen (secondary N) is 2. The molecule has 0 spiro atoms. The van der Waals surface area contributed by atoms with E-state index >= 15 is 0 Å². The molecule has 46 heavy (non-hydrogen) atoms. The predicted octanol–water partition coefficient (Wildman–Crippen LogP) is 0.807. The van der Waals surface area contributed by atoms with Crippen LogP contribution in [-0.2, 0) is 35.4 Å². The van der Waals surface area contributed by atoms with Gasteiger partial charge in [0.05, 0.1) is 22.2 Å². The minimum absolute atomic E-state index is 0.0469. The molecule has 1 fully saturated rings. The van der Waals surface area contributed by atoms with E-state index in [2.05, 4.69) is 10.6 Å². The summed E-state index contributed by atoms with van der Waals surface area (Å²) in [5, 5.41) is 50.7. The monoisotopic (exact) mass is 654 g/mol. The highest BCUT2D eigenvalue weighted by Gasteiger charge is 2.64. The van der Waals surface area contributed by atoms with Crippen LogP contribution in [0.5, 0.6) is 5.75 Å². The number of phenols is 1. The van der Waals surface area contributed by atoms with Crippen LogP contribution in [0.15, 0.2) is 58.2 Å². The van der Waals surface area contributed by atoms with Gasteiger partial charge in [0, 0.05) is 23.4 Å². The second kappa shape index (κ2) is 11.3. The number of rotatable bonds is 7. The Bertz CT molecular complexity index is 1880. The van der Waals surface area contributed by atoms with E-state index in [1.165, 1.54) is 50.2 Å². The van der Waals surface area contributed by atoms with Gasteiger partial charge in [0.25, 0.3) is 5.91 Å². The van der Waals surface area contributed by atoms with Gasteiger partial charge in [-0.1, -0.05) is 12.1 Å². The number of hydrogen-bond acceptors (Lipinski definition) is 12. The van der Waals surface area contributed by atoms with Crippen LogP contribution < -0.4 is 16.4 Å². The van der Waals surface area contributed by atoms with Gasteiger partial charge in [0.2, 0.25) is 11.7 Å². The van der Waals surface area contributed by atoms with Crippen LogP contribution in [-0.4, -0.2) is 95.2 Å². The Kier molecular flexibility index (Phi) is 7.99. The molecule has 1 saturated carbocycles. The number of carbonyl (C=O) groups is 4. The second-order valence-electron chi connectivity index (χ2n) is 12.1. The quantitative estimate of drug-likeness (QED) is 0.162. The highest BCUT2D eigenvalue weighted by Crippen LogP contribution is 2.53. The molecule has 0 radical (unpaired) electrons. The zero-order valence-electron chi connectivity index (χ0n) is 25.4. The van der Waals surface area contributed by atoms with E-state index in [-0.39, 0.29) is 34.6 Å². The molecule has 4 unspecified atom stereocenters. The molecule has 0 saturated heterocycles. The molecule has 0 heterocycles. The fraction of sp³-hybridized carbons (Fsp3) is 0.355. The number of primary amides is 1. The Morgan fingerprint density at radius 3 is 2.39 bits per heavy atom. The summed E-state index contributed by atoms with van der Waals surface area (Å²) in [6, 6.07) is 6.75. The van der Waals surface area contributed by atoms with Crippen LogP contribution in [0.3, 0.4) is 0 Å². The van der Waals surface area contributed by atoms with Crippen LogP contribution >= 0.6 is 0 Å². The molecule has 244 valence electrons. The first-order valence-electron chi connectivity index (χ1n) is 14.3. The number of fused-ring (bicyclic) bond motifs is 3. The number of phenolic OH excluding ortho intramolecular Hbond substituents is 1. The Hall–Kier alpha value is -4.73. The van der Waals surface area contributed by atoms with Crippen LogP contribution in [0.25, 0.3) is 5.76 Å². The average Bonchev–Trinajstić information content (AvgIpc) is 2.95. The minimum Gasteiger partial charge on any atom is -0.508 e. The highest BCUT2D eigenvalue weighted by molar-refractivity contribution is 7.90. The fourth-order valence-electron chi connectivity index (χ4n) is 6.69. The number of aliphatic hydroxyl groups is 3. The number of aliphatic hydroxyl groups excluding tert-OH is 2. The Balaban J connectivity index is 1.49. The van der Waals surface area contributed by atoms with Crippen molar-refractivity contribution in [2.45, 2.75) is 42.3 Å². The van der Waals surface area contributed by atoms with E-state index in [9.17, 15) is 48.0 Å². The molecule has 15 heteroatoms. The number of carbonyl (C=O) groups excluding carboxylic acids is 4. The van der Waals surface area contributed by atoms with Gasteiger partial charge in [-0.2, -0.15) is 0 Å². The predicted molar refractivity (Wildman–Crippen MR) is 166 cm³/mol. The van der Waals surface area contributed by atoms with Crippen LogP contribution in [0.4, 0.5) is 11.4 Å². The lowest BCUT2D eigenvalue weighted by molar-refractivity contribution is -0.153. The third kappa shape index (κ3) is 5.09. The SMILES string of the molecule is CC(Nc1cccc(S(C)(=O)=O)c1)C(=O)Nc1ccc2c(c1O)C(O)=C1C(=O)C3(O)C(O)=C(C(N)=O)C(=O)[C@@H](N(C)C)C3CC1C2. The molecule has 8 N–H and O–H groups in total. The molecule has 3 aliphatic carbocycles. The topological polar surface area (TPSA) is 237 Å². The summed E-state index contributed by atoms with van der Waals surface area (Å²) in [6.07, 6.45) is 1.11. The van der Waals surface area contributed by atoms with E-state index < -0.39 is 85.6 Å². The van der Waals surface area contributed by atoms with Gasteiger partial charge in [0.1, 0.15) is 28.9 Å². The normalized spacial score (nSPS) is 25.0. The summed E-state index contributed by atoms with van der Waals surface area (Å²) in [7, 11) is -0.450. The molecule has 2 amide bonds. The van der Waals surface area contributed by atoms with Crippen molar-refractivity contribution in [3.8, 4) is 5.75 Å². The number of benzene rings is 2. The molecule has 0 bridgehead atoms. The maximum absolute atomic E-state index is 14.0. The first kappa shape index (κ1) is 32.7. The van der Waals surface area contributed by atoms with Crippen molar-refractivity contribution in [3.05, 3.63) is 64.4 Å². The lowest BCUT2D eigenvalue weighted by Gasteiger charge is -2.50. The summed E-state index contributed by atoms with van der Waals surface area (Å²) >= 11 is 0. The Labute approximate surface area is 264 Å². The standard InChI is InChI=1S/C31H34N4O10S/c1-13(33-16-6-5-7-17(12-16)46(4,44)45)30(42)34-19-9-8-14-10-15-11-18-23(35(2)3)26(38)22(29(32)41)28(40)31(18,43)27(39)21(15)25(37)20(14)24(19)36/h5-9,12-13,15,18,23,33,36-37,40,43H,10-11H2,1-4H3,(H2,32,41)(H,34,42)/t13?,15?,18?,23-,31?/m0/s1. The van der Waals surface area contributed by atoms with Gasteiger partial charge in [0.15, 0.2) is 21.2 Å². The summed E-state index contributed by atoms with van der Waals surface area (Å²) in [4.78, 5) is 53.8. The lowest BCUT2D eigenvalue weighted by atomic mass is 9.57. The first-order valence-corrected chi connectivity index (χ1v) is 16.2. The summed E-state index contributed by atoms with van der Waals surface area (Å²) in [6.45, 7) is 1.51. The van der Waals surface area contributed by atoms with Crippen LogP contribution in [0, 0.1) is 11.8 Å². The summed E-state index contributed by atoms with van der Waals surface area (Å²) in [5.74, 6) is -8.28. The minimum atomic E-state index is -3.49. The van der Waals surface area contributed by atoms with Gasteiger partial charge in [-0.05, 0) is 69.6 Å². The maximum atomic E-state index is 14.0. The molecular formula is C31H34N4O10S. The molecule has 2 aromatic rings. The van der Waals surface area contributed by atoms with Crippen molar-refractivity contribution >= 4 is 50.4 Å². The van der Waals surface area contributed by atoms with E-state index in [1.54, 1.807) is 12.1 Å². The largest absolute Gasteiger partial charge is 0.508 e. The molecule has 14 nitrogen and oxygen atoms in total. The van der Waals surface area contributed by atoms with Gasteiger partial charge >= 0.3 is 0 Å². The number of nitrogens with two attached hydrogens (primary N) is 1. The highest BCUT2D eigenvalue weighted by atomic mass is 32.2. The van der Waals surface area contributed by atoms with Crippen molar-refractivity contribution in [3.63, 3.8) is 0 Å². The van der Waals surface area contributed by atoms with Crippen molar-refractivity contribution in [1.29, 1.82) is 0 Å². The first-order chi connectivity index (χ1) is 21.4. The smallest absolute Gasteiger partial charge is 0.255 e. The molecular weight excluding hydrogens is 620 g/mol. The Morgan fingerprint density at radius 2 is 1.78 bits per heavy atom. The third-order valence-corrected chi connectivity index (χ3v) is 10.0. The van der Waals surface area contributed by atoms with Crippen molar-refractivity contribution in [2.75, 3.05) is 31.0 Å². The van der Waals surface area contributed by atoms with Crippen molar-refractivity contribution in [1.82, 2.24) is 4.90 Å². The zero-order valence-corrected chi connectivity index (χ0v) is 26.2. The van der Waals surface area contributed by atoms with Gasteiger partial charge in [-0.3, -0.25) is 24.1 Å². The van der Waals surface area contributed by atoms with E-state index in [0.717, 1.165) is 6.26 Å². The van der Waals surface area contributed by atoms with Crippen LogP contribution in [0.2, 0.25) is 0 Å². The number of likely N-dealkylation sites (N-methyl/N-ethyl adjacent to an activating group) is 1. The molecule has 5 atom stereocenters. The molecule has 2 aromatic carbocycles. The number of anilines is 2. The van der Waals surface area contributed by atoms with E-state index in [1.807, 2.05) is 0 Å². The Morgan fingerprint density at radius 1 is 1.11 bits per heavy atom. The van der Waals surface area contributed by atoms with Crippen molar-refractivity contribution in [2.24, 2.45) is 17.6 Å². The number of Topliss-reactive ketones (excluding diaryl/α,β-unsaturated/α-hetero) is 2. The number of nitrogens with zero attached hydrogens (tertiary/aromatic N) is 1. The summed E-state index contributed by atoms with van der Waals surface area (Å²) in [5.41, 5.74) is 1.87. The molecule has 0 aliphatic heterocycles. The zero-order chi connectivity index (χ0) is 34.0. The third-order valence-electron chi connectivity index (χ3n) is 8.89. The van der Waals surface area contributed by atoms with Gasteiger partial charge in [-0.25, -0.2) is 8.42 Å². The second-order valence-corrected chi connectivity index (χ2v) is 14.1. The average molecular weight is 655 g/mol. The lowest BCUT2D eigenvalue weighted by Crippen LogP contribution is -2.65. The maximum Gasteiger partial charge on any atom is 0.255 e. The van der Waals surface area contributed by atoms with Crippen molar-refractivity contribution < 1.29 is 48.0 Å². The summed E-state index contributed by atoms with van der Waals surface area (Å²) < 4.78 is 23.8. The number of ketones is 2. The van der Waals surface area contributed by atoms with Crippen LogP contribution in [0.1, 0.15) is 24.5 Å². The number of aromatic hydroxyl groups is 1. The fourth-order valence-corrected chi connectivity index (χ4v) is 7.36.